The molecule has 1 saturated carbocycles. The second-order valence-corrected chi connectivity index (χ2v) is 5.87. The van der Waals surface area contributed by atoms with E-state index in [4.69, 9.17) is 16.7 Å². The first-order valence-corrected chi connectivity index (χ1v) is 7.53. The number of aromatic nitrogens is 1. The lowest BCUT2D eigenvalue weighted by Gasteiger charge is -2.35. The van der Waals surface area contributed by atoms with Crippen LogP contribution in [0.25, 0.3) is 0 Å². The van der Waals surface area contributed by atoms with E-state index in [0.29, 0.717) is 11.9 Å². The van der Waals surface area contributed by atoms with Gasteiger partial charge in [0.15, 0.2) is 0 Å². The maximum atomic E-state index is 11.1. The van der Waals surface area contributed by atoms with Crippen LogP contribution >= 0.6 is 11.6 Å². The van der Waals surface area contributed by atoms with Crippen LogP contribution in [0, 0.1) is 5.92 Å². The standard InChI is InChI=1S/C15H21ClN2O2/c1-3-10-4-6-11(7-5-10)18(2)14-13(16)12(15(19)20)8-9-17-14/h8-11H,3-7H2,1-2H3,(H,19,20). The van der Waals surface area contributed by atoms with E-state index < -0.39 is 5.97 Å². The van der Waals surface area contributed by atoms with E-state index in [0.717, 1.165) is 18.8 Å². The predicted octanol–water partition coefficient (Wildman–Crippen LogP) is 3.84. The van der Waals surface area contributed by atoms with Gasteiger partial charge in [-0.25, -0.2) is 9.78 Å². The molecule has 20 heavy (non-hydrogen) atoms. The van der Waals surface area contributed by atoms with Gasteiger partial charge in [-0.3, -0.25) is 0 Å². The average Bonchev–Trinajstić information content (AvgIpc) is 2.46. The van der Waals surface area contributed by atoms with E-state index in [2.05, 4.69) is 11.9 Å². The van der Waals surface area contributed by atoms with Crippen molar-refractivity contribution in [3.05, 3.63) is 22.8 Å². The Labute approximate surface area is 124 Å². The van der Waals surface area contributed by atoms with Crippen LogP contribution in [-0.4, -0.2) is 29.1 Å². The number of carbonyl (C=O) groups is 1. The van der Waals surface area contributed by atoms with Crippen molar-refractivity contribution >= 4 is 23.4 Å². The molecule has 0 atom stereocenters. The van der Waals surface area contributed by atoms with Gasteiger partial charge in [-0.15, -0.1) is 0 Å². The monoisotopic (exact) mass is 296 g/mol. The Bertz CT molecular complexity index is 485. The highest BCUT2D eigenvalue weighted by Gasteiger charge is 2.26. The minimum Gasteiger partial charge on any atom is -0.478 e. The average molecular weight is 297 g/mol. The number of hydrogen-bond donors (Lipinski definition) is 1. The summed E-state index contributed by atoms with van der Waals surface area (Å²) in [5.41, 5.74) is 0.116. The summed E-state index contributed by atoms with van der Waals surface area (Å²) in [6, 6.07) is 1.84. The summed E-state index contributed by atoms with van der Waals surface area (Å²) < 4.78 is 0. The molecule has 0 aliphatic heterocycles. The van der Waals surface area contributed by atoms with E-state index in [1.807, 2.05) is 11.9 Å². The van der Waals surface area contributed by atoms with Crippen molar-refractivity contribution < 1.29 is 9.90 Å². The van der Waals surface area contributed by atoms with Crippen LogP contribution in [0.3, 0.4) is 0 Å². The molecule has 1 aromatic rings. The molecule has 5 heteroatoms. The number of halogens is 1. The third kappa shape index (κ3) is 3.06. The molecule has 2 rings (SSSR count). The molecule has 0 aromatic carbocycles. The normalized spacial score (nSPS) is 22.6. The molecule has 1 heterocycles. The van der Waals surface area contributed by atoms with E-state index >= 15 is 0 Å². The number of carboxylic acids is 1. The minimum absolute atomic E-state index is 0.116. The van der Waals surface area contributed by atoms with Crippen molar-refractivity contribution in [1.82, 2.24) is 4.98 Å². The van der Waals surface area contributed by atoms with Gasteiger partial charge in [-0.2, -0.15) is 0 Å². The smallest absolute Gasteiger partial charge is 0.337 e. The highest BCUT2D eigenvalue weighted by Crippen LogP contribution is 2.33. The Balaban J connectivity index is 2.15. The molecular weight excluding hydrogens is 276 g/mol. The topological polar surface area (TPSA) is 53.4 Å². The van der Waals surface area contributed by atoms with Gasteiger partial charge in [0.05, 0.1) is 10.6 Å². The number of hydrogen-bond acceptors (Lipinski definition) is 3. The molecule has 0 radical (unpaired) electrons. The minimum atomic E-state index is -1.01. The van der Waals surface area contributed by atoms with Gasteiger partial charge >= 0.3 is 5.97 Å². The first kappa shape index (κ1) is 15.1. The summed E-state index contributed by atoms with van der Waals surface area (Å²) in [6.07, 6.45) is 7.43. The van der Waals surface area contributed by atoms with Gasteiger partial charge in [0.2, 0.25) is 0 Å². The zero-order valence-corrected chi connectivity index (χ0v) is 12.7. The summed E-state index contributed by atoms with van der Waals surface area (Å²) >= 11 is 6.19. The number of aromatic carboxylic acids is 1. The second-order valence-electron chi connectivity index (χ2n) is 5.49. The fourth-order valence-corrected chi connectivity index (χ4v) is 3.28. The lowest BCUT2D eigenvalue weighted by atomic mass is 9.84. The van der Waals surface area contributed by atoms with E-state index in [1.165, 1.54) is 31.5 Å². The first-order valence-electron chi connectivity index (χ1n) is 7.15. The van der Waals surface area contributed by atoms with Gasteiger partial charge < -0.3 is 10.0 Å². The molecule has 1 aliphatic carbocycles. The highest BCUT2D eigenvalue weighted by molar-refractivity contribution is 6.35. The third-order valence-electron chi connectivity index (χ3n) is 4.38. The maximum absolute atomic E-state index is 11.1. The predicted molar refractivity (Wildman–Crippen MR) is 80.6 cm³/mol. The highest BCUT2D eigenvalue weighted by atomic mass is 35.5. The number of rotatable bonds is 4. The molecule has 0 bridgehead atoms. The van der Waals surface area contributed by atoms with Crippen molar-refractivity contribution in [3.63, 3.8) is 0 Å². The second kappa shape index (κ2) is 6.44. The van der Waals surface area contributed by atoms with Crippen LogP contribution in [0.2, 0.25) is 5.02 Å². The van der Waals surface area contributed by atoms with E-state index in [-0.39, 0.29) is 10.6 Å². The van der Waals surface area contributed by atoms with Gasteiger partial charge in [0.1, 0.15) is 5.82 Å². The SMILES string of the molecule is CCC1CCC(N(C)c2nccc(C(=O)O)c2Cl)CC1. The zero-order valence-electron chi connectivity index (χ0n) is 12.0. The van der Waals surface area contributed by atoms with Gasteiger partial charge in [0.25, 0.3) is 0 Å². The summed E-state index contributed by atoms with van der Waals surface area (Å²) in [5.74, 6) is 0.390. The summed E-state index contributed by atoms with van der Waals surface area (Å²) in [5, 5.41) is 9.35. The Morgan fingerprint density at radius 3 is 2.65 bits per heavy atom. The van der Waals surface area contributed by atoms with Crippen molar-refractivity contribution in [2.75, 3.05) is 11.9 Å². The lowest BCUT2D eigenvalue weighted by molar-refractivity contribution is 0.0697. The molecule has 1 aliphatic rings. The molecule has 110 valence electrons. The summed E-state index contributed by atoms with van der Waals surface area (Å²) in [6.45, 7) is 2.24. The van der Waals surface area contributed by atoms with E-state index in [9.17, 15) is 4.79 Å². The molecule has 1 aromatic heterocycles. The maximum Gasteiger partial charge on any atom is 0.337 e. The number of anilines is 1. The molecule has 4 nitrogen and oxygen atoms in total. The van der Waals surface area contributed by atoms with Gasteiger partial charge in [-0.05, 0) is 37.7 Å². The van der Waals surface area contributed by atoms with E-state index in [1.54, 1.807) is 0 Å². The van der Waals surface area contributed by atoms with Crippen LogP contribution in [0.5, 0.6) is 0 Å². The van der Waals surface area contributed by atoms with Gasteiger partial charge in [0, 0.05) is 19.3 Å². The summed E-state index contributed by atoms with van der Waals surface area (Å²) in [7, 11) is 1.96. The molecule has 0 saturated heterocycles. The van der Waals surface area contributed by atoms with Crippen LogP contribution in [0.1, 0.15) is 49.4 Å². The van der Waals surface area contributed by atoms with Crippen molar-refractivity contribution in [2.45, 2.75) is 45.1 Å². The van der Waals surface area contributed by atoms with Gasteiger partial charge in [-0.1, -0.05) is 24.9 Å². The number of carboxylic acid groups (broad SMARTS) is 1. The fraction of sp³-hybridized carbons (Fsp3) is 0.600. The molecule has 0 amide bonds. The van der Waals surface area contributed by atoms with Crippen LogP contribution in [0.15, 0.2) is 12.3 Å². The zero-order chi connectivity index (χ0) is 14.7. The Kier molecular flexibility index (Phi) is 4.86. The quantitative estimate of drug-likeness (QED) is 0.917. The van der Waals surface area contributed by atoms with Crippen LogP contribution in [-0.2, 0) is 0 Å². The van der Waals surface area contributed by atoms with Crippen LogP contribution in [0.4, 0.5) is 5.82 Å². The third-order valence-corrected chi connectivity index (χ3v) is 4.75. The van der Waals surface area contributed by atoms with Crippen LogP contribution < -0.4 is 4.90 Å². The molecular formula is C15H21ClN2O2. The number of nitrogens with zero attached hydrogens (tertiary/aromatic N) is 2. The summed E-state index contributed by atoms with van der Waals surface area (Å²) in [4.78, 5) is 17.4. The first-order chi connectivity index (χ1) is 9.54. The lowest BCUT2D eigenvalue weighted by Crippen LogP contribution is -2.36. The molecule has 1 N–H and O–H groups in total. The largest absolute Gasteiger partial charge is 0.478 e. The van der Waals surface area contributed by atoms with Crippen molar-refractivity contribution in [3.8, 4) is 0 Å². The Morgan fingerprint density at radius 1 is 1.45 bits per heavy atom. The number of pyridine rings is 1. The molecule has 0 unspecified atom stereocenters. The van der Waals surface area contributed by atoms with Crippen molar-refractivity contribution in [1.29, 1.82) is 0 Å². The molecule has 1 fully saturated rings. The Morgan fingerprint density at radius 2 is 2.10 bits per heavy atom. The fourth-order valence-electron chi connectivity index (χ4n) is 2.96. The van der Waals surface area contributed by atoms with Crippen molar-refractivity contribution in [2.24, 2.45) is 5.92 Å². The Hall–Kier alpha value is -1.29. The molecule has 0 spiro atoms.